The Hall–Kier alpha value is -2.95. The average Bonchev–Trinajstić information content (AvgIpc) is 3.19. The van der Waals surface area contributed by atoms with E-state index in [1.165, 1.54) is 12.1 Å². The lowest BCUT2D eigenvalue weighted by atomic mass is 9.94. The van der Waals surface area contributed by atoms with Gasteiger partial charge < -0.3 is 9.47 Å². The summed E-state index contributed by atoms with van der Waals surface area (Å²) in [4.78, 5) is 19.1. The second-order valence-corrected chi connectivity index (χ2v) is 6.64. The number of nitrogens with zero attached hydrogens (tertiary/aromatic N) is 3. The Bertz CT molecular complexity index is 889. The molecule has 0 spiro atoms. The molecule has 4 rings (SSSR count). The van der Waals surface area contributed by atoms with Gasteiger partial charge in [0.05, 0.1) is 12.0 Å². The molecule has 3 aromatic rings. The van der Waals surface area contributed by atoms with E-state index in [1.807, 2.05) is 52.3 Å². The highest BCUT2D eigenvalue weighted by Crippen LogP contribution is 2.27. The molecule has 0 radical (unpaired) electrons. The summed E-state index contributed by atoms with van der Waals surface area (Å²) < 4.78 is 15.1. The van der Waals surface area contributed by atoms with E-state index in [-0.39, 0.29) is 17.6 Å². The van der Waals surface area contributed by atoms with E-state index in [0.717, 1.165) is 30.8 Å². The highest BCUT2D eigenvalue weighted by molar-refractivity contribution is 5.94. The maximum atomic E-state index is 13.1. The molecule has 2 aromatic carbocycles. The predicted octanol–water partition coefficient (Wildman–Crippen LogP) is 4.03. The Morgan fingerprint density at radius 1 is 1.08 bits per heavy atom. The molecule has 1 aliphatic rings. The third kappa shape index (κ3) is 3.38. The summed E-state index contributed by atoms with van der Waals surface area (Å²) in [6.45, 7) is 1.37. The number of aromatic nitrogens is 2. The van der Waals surface area contributed by atoms with Gasteiger partial charge in [-0.15, -0.1) is 0 Å². The SMILES string of the molecule is O=C(c1ccc(F)cc1)N1CCC[C@H](c2cn(-c3ccccc3)cn2)C1. The molecule has 2 heterocycles. The standard InChI is InChI=1S/C21H20FN3O/c22-18-10-8-16(9-11-18)21(26)24-12-4-5-17(13-24)20-14-25(15-23-20)19-6-2-1-3-7-19/h1-3,6-11,14-15,17H,4-5,12-13H2/t17-/m0/s1. The smallest absolute Gasteiger partial charge is 0.253 e. The molecule has 1 atom stereocenters. The van der Waals surface area contributed by atoms with E-state index in [1.54, 1.807) is 12.1 Å². The van der Waals surface area contributed by atoms with E-state index in [4.69, 9.17) is 0 Å². The van der Waals surface area contributed by atoms with Crippen molar-refractivity contribution in [1.29, 1.82) is 0 Å². The number of piperidine rings is 1. The molecular formula is C21H20FN3O. The fraction of sp³-hybridized carbons (Fsp3) is 0.238. The first-order valence-electron chi connectivity index (χ1n) is 8.85. The van der Waals surface area contributed by atoms with E-state index < -0.39 is 0 Å². The van der Waals surface area contributed by atoms with E-state index in [9.17, 15) is 9.18 Å². The maximum Gasteiger partial charge on any atom is 0.253 e. The van der Waals surface area contributed by atoms with Crippen molar-refractivity contribution in [2.24, 2.45) is 0 Å². The van der Waals surface area contributed by atoms with E-state index in [2.05, 4.69) is 4.98 Å². The lowest BCUT2D eigenvalue weighted by molar-refractivity contribution is 0.0706. The van der Waals surface area contributed by atoms with Crippen molar-refractivity contribution < 1.29 is 9.18 Å². The van der Waals surface area contributed by atoms with Crippen molar-refractivity contribution >= 4 is 5.91 Å². The normalized spacial score (nSPS) is 17.3. The summed E-state index contributed by atoms with van der Waals surface area (Å²) in [6, 6.07) is 15.8. The highest BCUT2D eigenvalue weighted by Gasteiger charge is 2.26. The number of hydrogen-bond acceptors (Lipinski definition) is 2. The number of halogens is 1. The molecular weight excluding hydrogens is 329 g/mol. The van der Waals surface area contributed by atoms with Crippen LogP contribution in [-0.4, -0.2) is 33.4 Å². The maximum absolute atomic E-state index is 13.1. The molecule has 0 unspecified atom stereocenters. The van der Waals surface area contributed by atoms with Crippen molar-refractivity contribution in [1.82, 2.24) is 14.5 Å². The molecule has 132 valence electrons. The van der Waals surface area contributed by atoms with Gasteiger partial charge in [0.1, 0.15) is 5.82 Å². The van der Waals surface area contributed by atoms with Crippen LogP contribution in [0.2, 0.25) is 0 Å². The summed E-state index contributed by atoms with van der Waals surface area (Å²) in [6.07, 6.45) is 5.83. The van der Waals surface area contributed by atoms with Crippen LogP contribution in [0.3, 0.4) is 0 Å². The molecule has 0 aliphatic carbocycles. The number of carbonyl (C=O) groups is 1. The second kappa shape index (κ2) is 7.12. The number of amides is 1. The number of imidazole rings is 1. The first-order valence-corrected chi connectivity index (χ1v) is 8.85. The van der Waals surface area contributed by atoms with Gasteiger partial charge in [-0.3, -0.25) is 4.79 Å². The van der Waals surface area contributed by atoms with Crippen LogP contribution in [0.15, 0.2) is 67.1 Å². The molecule has 4 nitrogen and oxygen atoms in total. The van der Waals surface area contributed by atoms with Crippen molar-refractivity contribution in [3.8, 4) is 5.69 Å². The number of benzene rings is 2. The zero-order chi connectivity index (χ0) is 17.9. The van der Waals surface area contributed by atoms with Gasteiger partial charge in [0, 0.05) is 36.5 Å². The first kappa shape index (κ1) is 16.5. The van der Waals surface area contributed by atoms with Gasteiger partial charge in [-0.05, 0) is 49.2 Å². The minimum absolute atomic E-state index is 0.0443. The number of para-hydroxylation sites is 1. The molecule has 1 aromatic heterocycles. The van der Waals surface area contributed by atoms with Crippen LogP contribution in [0.25, 0.3) is 5.69 Å². The summed E-state index contributed by atoms with van der Waals surface area (Å²) in [5, 5.41) is 0. The van der Waals surface area contributed by atoms with Gasteiger partial charge in [0.15, 0.2) is 0 Å². The number of likely N-dealkylation sites (tertiary alicyclic amines) is 1. The van der Waals surface area contributed by atoms with Gasteiger partial charge in [0.2, 0.25) is 0 Å². The predicted molar refractivity (Wildman–Crippen MR) is 97.8 cm³/mol. The zero-order valence-electron chi connectivity index (χ0n) is 14.4. The van der Waals surface area contributed by atoms with Crippen molar-refractivity contribution in [3.05, 3.63) is 84.2 Å². The van der Waals surface area contributed by atoms with Gasteiger partial charge in [-0.1, -0.05) is 18.2 Å². The minimum Gasteiger partial charge on any atom is -0.338 e. The molecule has 5 heteroatoms. The lowest BCUT2D eigenvalue weighted by Crippen LogP contribution is -2.39. The Labute approximate surface area is 151 Å². The van der Waals surface area contributed by atoms with Crippen LogP contribution in [0.5, 0.6) is 0 Å². The number of rotatable bonds is 3. The van der Waals surface area contributed by atoms with Crippen LogP contribution in [0.1, 0.15) is 34.8 Å². The molecule has 1 saturated heterocycles. The van der Waals surface area contributed by atoms with Crippen LogP contribution in [0, 0.1) is 5.82 Å². The third-order valence-corrected chi connectivity index (χ3v) is 4.87. The van der Waals surface area contributed by atoms with Crippen molar-refractivity contribution in [2.75, 3.05) is 13.1 Å². The molecule has 26 heavy (non-hydrogen) atoms. The van der Waals surface area contributed by atoms with Crippen molar-refractivity contribution in [2.45, 2.75) is 18.8 Å². The quantitative estimate of drug-likeness (QED) is 0.716. The number of carbonyl (C=O) groups excluding carboxylic acids is 1. The van der Waals surface area contributed by atoms with Gasteiger partial charge >= 0.3 is 0 Å². The van der Waals surface area contributed by atoms with Crippen LogP contribution >= 0.6 is 0 Å². The van der Waals surface area contributed by atoms with Crippen LogP contribution in [-0.2, 0) is 0 Å². The molecule has 0 bridgehead atoms. The topological polar surface area (TPSA) is 38.1 Å². The summed E-state index contributed by atoms with van der Waals surface area (Å²) in [5.74, 6) is -0.153. The molecule has 1 fully saturated rings. The van der Waals surface area contributed by atoms with Crippen LogP contribution in [0.4, 0.5) is 4.39 Å². The third-order valence-electron chi connectivity index (χ3n) is 4.87. The average molecular weight is 349 g/mol. The first-order chi connectivity index (χ1) is 12.7. The van der Waals surface area contributed by atoms with Gasteiger partial charge in [-0.25, -0.2) is 9.37 Å². The van der Waals surface area contributed by atoms with E-state index >= 15 is 0 Å². The Kier molecular flexibility index (Phi) is 4.52. The largest absolute Gasteiger partial charge is 0.338 e. The molecule has 1 amide bonds. The fourth-order valence-corrected chi connectivity index (χ4v) is 3.47. The van der Waals surface area contributed by atoms with Gasteiger partial charge in [0.25, 0.3) is 5.91 Å². The zero-order valence-corrected chi connectivity index (χ0v) is 14.4. The summed E-state index contributed by atoms with van der Waals surface area (Å²) >= 11 is 0. The lowest BCUT2D eigenvalue weighted by Gasteiger charge is -2.32. The van der Waals surface area contributed by atoms with E-state index in [0.29, 0.717) is 12.1 Å². The molecule has 0 saturated carbocycles. The van der Waals surface area contributed by atoms with Gasteiger partial charge in [-0.2, -0.15) is 0 Å². The minimum atomic E-state index is -0.329. The Balaban J connectivity index is 1.49. The number of hydrogen-bond donors (Lipinski definition) is 0. The summed E-state index contributed by atoms with van der Waals surface area (Å²) in [7, 11) is 0. The molecule has 1 aliphatic heterocycles. The summed E-state index contributed by atoms with van der Waals surface area (Å²) in [5.41, 5.74) is 2.61. The molecule has 0 N–H and O–H groups in total. The Morgan fingerprint density at radius 3 is 2.62 bits per heavy atom. The fourth-order valence-electron chi connectivity index (χ4n) is 3.47. The van der Waals surface area contributed by atoms with Crippen LogP contribution < -0.4 is 0 Å². The highest BCUT2D eigenvalue weighted by atomic mass is 19.1. The second-order valence-electron chi connectivity index (χ2n) is 6.64. The van der Waals surface area contributed by atoms with Crippen molar-refractivity contribution in [3.63, 3.8) is 0 Å². The monoisotopic (exact) mass is 349 g/mol. The Morgan fingerprint density at radius 2 is 1.85 bits per heavy atom.